The Hall–Kier alpha value is -3.75. The second-order valence-corrected chi connectivity index (χ2v) is 10.8. The van der Waals surface area contributed by atoms with Gasteiger partial charge in [0.15, 0.2) is 0 Å². The Bertz CT molecular complexity index is 1290. The van der Waals surface area contributed by atoms with Gasteiger partial charge in [0.2, 0.25) is 5.91 Å². The molecule has 9 heteroatoms. The number of carbonyl (C=O) groups excluding carboxylic acids is 2. The number of nitrogens with one attached hydrogen (secondary N) is 3. The summed E-state index contributed by atoms with van der Waals surface area (Å²) in [6.07, 6.45) is 12.9. The van der Waals surface area contributed by atoms with Gasteiger partial charge in [-0.05, 0) is 76.0 Å². The van der Waals surface area contributed by atoms with Crippen LogP contribution in [0, 0.1) is 25.7 Å². The number of hydrogen-bond donors (Lipinski definition) is 3. The molecule has 200 valence electrons. The minimum atomic E-state index is -0.638. The van der Waals surface area contributed by atoms with Gasteiger partial charge in [-0.1, -0.05) is 31.4 Å². The van der Waals surface area contributed by atoms with Gasteiger partial charge >= 0.3 is 0 Å². The van der Waals surface area contributed by atoms with Gasteiger partial charge in [0.25, 0.3) is 5.91 Å². The van der Waals surface area contributed by atoms with Crippen molar-refractivity contribution >= 4 is 17.5 Å². The summed E-state index contributed by atoms with van der Waals surface area (Å²) >= 11 is 0. The van der Waals surface area contributed by atoms with Crippen molar-refractivity contribution in [2.75, 3.05) is 5.32 Å². The van der Waals surface area contributed by atoms with E-state index in [0.29, 0.717) is 23.8 Å². The number of rotatable bonds is 8. The van der Waals surface area contributed by atoms with E-state index in [0.717, 1.165) is 61.2 Å². The first kappa shape index (κ1) is 25.9. The molecule has 3 heterocycles. The molecular weight excluding hydrogens is 478 g/mol. The Morgan fingerprint density at radius 3 is 2.58 bits per heavy atom. The lowest BCUT2D eigenvalue weighted by atomic mass is 9.79. The number of H-pyrrole nitrogens is 1. The molecule has 0 unspecified atom stereocenters. The number of hydrogen-bond acceptors (Lipinski definition) is 5. The number of anilines is 1. The number of aryl methyl sites for hydroxylation is 2. The third kappa shape index (κ3) is 5.71. The number of aromatic nitrogens is 5. The van der Waals surface area contributed by atoms with E-state index in [1.54, 1.807) is 23.1 Å². The van der Waals surface area contributed by atoms with Crippen LogP contribution in [0.15, 0.2) is 42.2 Å². The molecule has 0 aliphatic heterocycles. The molecule has 2 aliphatic carbocycles. The predicted molar refractivity (Wildman–Crippen MR) is 146 cm³/mol. The first-order valence-electron chi connectivity index (χ1n) is 13.7. The predicted octanol–water partition coefficient (Wildman–Crippen LogP) is 4.96. The molecule has 3 aromatic rings. The molecule has 2 fully saturated rings. The van der Waals surface area contributed by atoms with E-state index in [2.05, 4.69) is 43.9 Å². The number of amides is 2. The third-order valence-corrected chi connectivity index (χ3v) is 8.01. The first-order chi connectivity index (χ1) is 18.4. The highest BCUT2D eigenvalue weighted by atomic mass is 16.2. The average molecular weight is 516 g/mol. The van der Waals surface area contributed by atoms with Crippen LogP contribution in [0.3, 0.4) is 0 Å². The first-order valence-corrected chi connectivity index (χ1v) is 13.7. The SMILES string of the molecule is Cc1n[nH]c(C)c1-c1ccc(NC(=O)[C@@H](NC(=O)c2ccnn2CC=C2CCC2)C2CCC(C)CC2)cn1. The van der Waals surface area contributed by atoms with Crippen molar-refractivity contribution in [3.8, 4) is 11.3 Å². The monoisotopic (exact) mass is 515 g/mol. The summed E-state index contributed by atoms with van der Waals surface area (Å²) in [7, 11) is 0. The molecule has 3 aromatic heterocycles. The molecular formula is C29H37N7O2. The quantitative estimate of drug-likeness (QED) is 0.367. The van der Waals surface area contributed by atoms with Gasteiger partial charge < -0.3 is 10.6 Å². The molecule has 3 N–H and O–H groups in total. The number of nitrogens with zero attached hydrogens (tertiary/aromatic N) is 4. The van der Waals surface area contributed by atoms with Gasteiger partial charge in [0, 0.05) is 17.5 Å². The maximum Gasteiger partial charge on any atom is 0.270 e. The molecule has 0 radical (unpaired) electrons. The highest BCUT2D eigenvalue weighted by Gasteiger charge is 2.33. The summed E-state index contributed by atoms with van der Waals surface area (Å²) in [6.45, 7) is 6.71. The smallest absolute Gasteiger partial charge is 0.270 e. The summed E-state index contributed by atoms with van der Waals surface area (Å²) in [4.78, 5) is 31.5. The van der Waals surface area contributed by atoms with E-state index in [9.17, 15) is 9.59 Å². The van der Waals surface area contributed by atoms with Gasteiger partial charge in [0.05, 0.1) is 29.8 Å². The Balaban J connectivity index is 1.31. The highest BCUT2D eigenvalue weighted by Crippen LogP contribution is 2.31. The fourth-order valence-electron chi connectivity index (χ4n) is 5.47. The van der Waals surface area contributed by atoms with Gasteiger partial charge in [0.1, 0.15) is 11.7 Å². The van der Waals surface area contributed by atoms with E-state index >= 15 is 0 Å². The second kappa shape index (κ2) is 11.3. The maximum atomic E-state index is 13.6. The molecule has 0 spiro atoms. The zero-order valence-electron chi connectivity index (χ0n) is 22.5. The molecule has 0 bridgehead atoms. The van der Waals surface area contributed by atoms with Gasteiger partial charge in [-0.25, -0.2) is 0 Å². The van der Waals surface area contributed by atoms with Crippen molar-refractivity contribution in [3.05, 3.63) is 59.3 Å². The fraction of sp³-hybridized carbons (Fsp3) is 0.483. The molecule has 5 rings (SSSR count). The molecule has 2 amide bonds. The van der Waals surface area contributed by atoms with Crippen LogP contribution < -0.4 is 10.6 Å². The van der Waals surface area contributed by atoms with Crippen LogP contribution in [-0.2, 0) is 11.3 Å². The van der Waals surface area contributed by atoms with Crippen LogP contribution in [0.2, 0.25) is 0 Å². The standard InChI is InChI=1S/C29H37N7O2/c1-18-7-9-22(10-8-18)27(33-28(37)25-13-15-31-36(25)16-14-21-5-4-6-21)29(38)32-23-11-12-24(30-17-23)26-19(2)34-35-20(26)3/h11-15,17-18,22,27H,4-10,16H2,1-3H3,(H,32,38)(H,33,37)(H,34,35)/t18?,22?,27-/m0/s1. The Morgan fingerprint density at radius 2 is 1.95 bits per heavy atom. The molecule has 0 aromatic carbocycles. The summed E-state index contributed by atoms with van der Waals surface area (Å²) in [5, 5.41) is 17.6. The topological polar surface area (TPSA) is 118 Å². The normalized spacial score (nSPS) is 19.9. The highest BCUT2D eigenvalue weighted by molar-refractivity contribution is 6.00. The minimum Gasteiger partial charge on any atom is -0.339 e. The van der Waals surface area contributed by atoms with Crippen molar-refractivity contribution < 1.29 is 9.59 Å². The number of allylic oxidation sites excluding steroid dienone is 2. The molecule has 0 saturated heterocycles. The zero-order valence-corrected chi connectivity index (χ0v) is 22.5. The lowest BCUT2D eigenvalue weighted by molar-refractivity contribution is -0.119. The Kier molecular flexibility index (Phi) is 7.72. The molecule has 9 nitrogen and oxygen atoms in total. The summed E-state index contributed by atoms with van der Waals surface area (Å²) < 4.78 is 1.71. The van der Waals surface area contributed by atoms with Crippen LogP contribution in [0.5, 0.6) is 0 Å². The molecule has 2 saturated carbocycles. The van der Waals surface area contributed by atoms with Gasteiger partial charge in [-0.2, -0.15) is 10.2 Å². The second-order valence-electron chi connectivity index (χ2n) is 10.8. The zero-order chi connectivity index (χ0) is 26.6. The van der Waals surface area contributed by atoms with E-state index in [4.69, 9.17) is 0 Å². The third-order valence-electron chi connectivity index (χ3n) is 8.01. The lowest BCUT2D eigenvalue weighted by Gasteiger charge is -2.32. The van der Waals surface area contributed by atoms with E-state index in [1.165, 1.54) is 12.0 Å². The van der Waals surface area contributed by atoms with Gasteiger partial charge in [-0.15, -0.1) is 0 Å². The van der Waals surface area contributed by atoms with Crippen LogP contribution in [0.1, 0.15) is 73.7 Å². The number of aromatic amines is 1. The van der Waals surface area contributed by atoms with E-state index in [1.807, 2.05) is 26.0 Å². The Morgan fingerprint density at radius 1 is 1.16 bits per heavy atom. The fourth-order valence-corrected chi connectivity index (χ4v) is 5.47. The summed E-state index contributed by atoms with van der Waals surface area (Å²) in [5.74, 6) is 0.226. The summed E-state index contributed by atoms with van der Waals surface area (Å²) in [5.41, 5.74) is 6.07. The molecule has 1 atom stereocenters. The van der Waals surface area contributed by atoms with E-state index in [-0.39, 0.29) is 17.7 Å². The van der Waals surface area contributed by atoms with Crippen molar-refractivity contribution in [1.29, 1.82) is 0 Å². The van der Waals surface area contributed by atoms with Crippen molar-refractivity contribution in [2.45, 2.75) is 78.3 Å². The van der Waals surface area contributed by atoms with Crippen molar-refractivity contribution in [1.82, 2.24) is 30.3 Å². The van der Waals surface area contributed by atoms with Crippen LogP contribution in [0.4, 0.5) is 5.69 Å². The summed E-state index contributed by atoms with van der Waals surface area (Å²) in [6, 6.07) is 4.80. The minimum absolute atomic E-state index is 0.0760. The van der Waals surface area contributed by atoms with Crippen LogP contribution >= 0.6 is 0 Å². The van der Waals surface area contributed by atoms with Crippen molar-refractivity contribution in [3.63, 3.8) is 0 Å². The van der Waals surface area contributed by atoms with Crippen LogP contribution in [0.25, 0.3) is 11.3 Å². The Labute approximate surface area is 223 Å². The molecule has 2 aliphatic rings. The largest absolute Gasteiger partial charge is 0.339 e. The lowest BCUT2D eigenvalue weighted by Crippen LogP contribution is -2.49. The van der Waals surface area contributed by atoms with Crippen molar-refractivity contribution in [2.24, 2.45) is 11.8 Å². The van der Waals surface area contributed by atoms with E-state index < -0.39 is 6.04 Å². The van der Waals surface area contributed by atoms with Crippen LogP contribution in [-0.4, -0.2) is 42.8 Å². The maximum absolute atomic E-state index is 13.6. The number of carbonyl (C=O) groups is 2. The molecule has 38 heavy (non-hydrogen) atoms. The van der Waals surface area contributed by atoms with Gasteiger partial charge in [-0.3, -0.25) is 24.4 Å². The average Bonchev–Trinajstić information content (AvgIpc) is 3.48. The number of pyridine rings is 1.